The summed E-state index contributed by atoms with van der Waals surface area (Å²) in [4.78, 5) is 21.2. The Bertz CT molecular complexity index is 944. The topological polar surface area (TPSA) is 107 Å². The van der Waals surface area contributed by atoms with Crippen LogP contribution in [0.25, 0.3) is 11.0 Å². The smallest absolute Gasteiger partial charge is 0.287 e. The summed E-state index contributed by atoms with van der Waals surface area (Å²) < 4.78 is 12.9. The zero-order valence-corrected chi connectivity index (χ0v) is 18.0. The predicted molar refractivity (Wildman–Crippen MR) is 111 cm³/mol. The Balaban J connectivity index is 1.68. The highest BCUT2D eigenvalue weighted by molar-refractivity contribution is 9.10. The fraction of sp³-hybridized carbons (Fsp3) is 0.412. The van der Waals surface area contributed by atoms with E-state index in [0.29, 0.717) is 48.3 Å². The van der Waals surface area contributed by atoms with Crippen LogP contribution in [0.5, 0.6) is 0 Å². The summed E-state index contributed by atoms with van der Waals surface area (Å²) in [6.45, 7) is 4.74. The van der Waals surface area contributed by atoms with E-state index in [1.54, 1.807) is 23.0 Å². The number of hydrogen-bond acceptors (Lipinski definition) is 8. The van der Waals surface area contributed by atoms with Crippen LogP contribution < -0.4 is 10.6 Å². The molecule has 0 bridgehead atoms. The van der Waals surface area contributed by atoms with E-state index in [9.17, 15) is 4.79 Å². The lowest BCUT2D eigenvalue weighted by Gasteiger charge is -2.09. The molecule has 3 aromatic rings. The summed E-state index contributed by atoms with van der Waals surface area (Å²) in [7, 11) is 0. The molecule has 1 amide bonds. The van der Waals surface area contributed by atoms with Gasteiger partial charge in [-0.3, -0.25) is 4.79 Å². The Hall–Kier alpha value is -2.11. The van der Waals surface area contributed by atoms with Crippen LogP contribution in [-0.4, -0.2) is 58.2 Å². The lowest BCUT2D eigenvalue weighted by Crippen LogP contribution is -2.27. The second-order valence-electron chi connectivity index (χ2n) is 5.65. The van der Waals surface area contributed by atoms with Crippen LogP contribution >= 0.6 is 27.7 Å². The molecule has 0 radical (unpaired) electrons. The lowest BCUT2D eigenvalue weighted by molar-refractivity contribution is 0.0923. The second-order valence-corrected chi connectivity index (χ2v) is 7.20. The Kier molecular flexibility index (Phi) is 7.29. The van der Waals surface area contributed by atoms with Crippen LogP contribution in [0.1, 0.15) is 17.5 Å². The van der Waals surface area contributed by atoms with Gasteiger partial charge >= 0.3 is 0 Å². The van der Waals surface area contributed by atoms with Crippen LogP contribution in [-0.2, 0) is 11.3 Å². The molecular formula is C17H21BrN6O3S. The zero-order chi connectivity index (χ0) is 19.9. The monoisotopic (exact) mass is 468 g/mol. The van der Waals surface area contributed by atoms with E-state index in [2.05, 4.69) is 41.6 Å². The van der Waals surface area contributed by atoms with Crippen LogP contribution in [0.15, 0.2) is 32.6 Å². The zero-order valence-electron chi connectivity index (χ0n) is 15.6. The van der Waals surface area contributed by atoms with E-state index in [4.69, 9.17) is 9.15 Å². The Morgan fingerprint density at radius 1 is 1.36 bits per heavy atom. The Labute approximate surface area is 174 Å². The van der Waals surface area contributed by atoms with Gasteiger partial charge in [0.1, 0.15) is 5.82 Å². The maximum Gasteiger partial charge on any atom is 0.287 e. The first-order chi connectivity index (χ1) is 13.6. The quantitative estimate of drug-likeness (QED) is 0.265. The molecule has 0 aliphatic rings. The number of nitrogens with one attached hydrogen (secondary N) is 2. The number of ether oxygens (including phenoxy) is 1. The number of hydrogen-bond donors (Lipinski definition) is 2. The summed E-state index contributed by atoms with van der Waals surface area (Å²) in [5.74, 6) is 0.703. The minimum Gasteiger partial charge on any atom is -0.444 e. The summed E-state index contributed by atoms with van der Waals surface area (Å²) in [5.41, 5.74) is 0.716. The maximum atomic E-state index is 12.1. The standard InChI is InChI=1S/C17H21BrN6O3S/c1-3-26-9-7-19-14-11-10-21-24(15(11)23-17(22-14)28-2)8-6-20-16(25)12-4-5-13(18)27-12/h4-5,10H,3,6-9H2,1-2H3,(H,20,25)(H,19,22,23). The molecule has 0 atom stereocenters. The fourth-order valence-electron chi connectivity index (χ4n) is 2.51. The number of nitrogens with zero attached hydrogens (tertiary/aromatic N) is 4. The molecule has 0 fully saturated rings. The third kappa shape index (κ3) is 5.03. The largest absolute Gasteiger partial charge is 0.444 e. The molecule has 150 valence electrons. The number of rotatable bonds is 10. The Morgan fingerprint density at radius 3 is 2.93 bits per heavy atom. The van der Waals surface area contributed by atoms with Crippen molar-refractivity contribution in [2.75, 3.05) is 37.9 Å². The van der Waals surface area contributed by atoms with Gasteiger partial charge in [0.15, 0.2) is 21.2 Å². The number of halogens is 1. The summed E-state index contributed by atoms with van der Waals surface area (Å²) in [6.07, 6.45) is 3.65. The molecule has 3 rings (SSSR count). The normalized spacial score (nSPS) is 11.1. The van der Waals surface area contributed by atoms with E-state index < -0.39 is 0 Å². The molecule has 3 aromatic heterocycles. The lowest BCUT2D eigenvalue weighted by atomic mass is 10.4. The molecular weight excluding hydrogens is 448 g/mol. The summed E-state index contributed by atoms with van der Waals surface area (Å²) in [5, 5.41) is 12.0. The van der Waals surface area contributed by atoms with Gasteiger partial charge in [0.25, 0.3) is 5.91 Å². The van der Waals surface area contributed by atoms with E-state index in [-0.39, 0.29) is 11.7 Å². The van der Waals surface area contributed by atoms with Gasteiger partial charge in [-0.2, -0.15) is 5.10 Å². The van der Waals surface area contributed by atoms with Crippen molar-refractivity contribution in [3.05, 3.63) is 28.8 Å². The number of carbonyl (C=O) groups excluding carboxylic acids is 1. The molecule has 9 nitrogen and oxygen atoms in total. The maximum absolute atomic E-state index is 12.1. The molecule has 2 N–H and O–H groups in total. The van der Waals surface area contributed by atoms with Gasteiger partial charge in [0.05, 0.1) is 24.7 Å². The highest BCUT2D eigenvalue weighted by Crippen LogP contribution is 2.23. The fourth-order valence-corrected chi connectivity index (χ4v) is 3.18. The molecule has 11 heteroatoms. The summed E-state index contributed by atoms with van der Waals surface area (Å²) >= 11 is 4.64. The predicted octanol–water partition coefficient (Wildman–Crippen LogP) is 2.78. The van der Waals surface area contributed by atoms with E-state index in [0.717, 1.165) is 11.2 Å². The molecule has 3 heterocycles. The SMILES string of the molecule is CCOCCNc1nc(SC)nc2c1cnn2CCNC(=O)c1ccc(Br)o1. The average molecular weight is 469 g/mol. The number of fused-ring (bicyclic) bond motifs is 1. The van der Waals surface area contributed by atoms with Gasteiger partial charge in [0, 0.05) is 19.7 Å². The summed E-state index contributed by atoms with van der Waals surface area (Å²) in [6, 6.07) is 3.29. The molecule has 28 heavy (non-hydrogen) atoms. The number of aromatic nitrogens is 4. The molecule has 0 unspecified atom stereocenters. The van der Waals surface area contributed by atoms with Crippen molar-refractivity contribution in [1.82, 2.24) is 25.1 Å². The molecule has 0 aromatic carbocycles. The average Bonchev–Trinajstić information content (AvgIpc) is 3.31. The Morgan fingerprint density at radius 2 is 2.21 bits per heavy atom. The van der Waals surface area contributed by atoms with Crippen molar-refractivity contribution in [1.29, 1.82) is 0 Å². The van der Waals surface area contributed by atoms with Crippen LogP contribution in [0, 0.1) is 0 Å². The van der Waals surface area contributed by atoms with Gasteiger partial charge in [-0.05, 0) is 41.2 Å². The molecule has 0 saturated heterocycles. The minimum absolute atomic E-state index is 0.255. The minimum atomic E-state index is -0.278. The van der Waals surface area contributed by atoms with E-state index >= 15 is 0 Å². The van der Waals surface area contributed by atoms with Crippen LogP contribution in [0.3, 0.4) is 0 Å². The van der Waals surface area contributed by atoms with Gasteiger partial charge < -0.3 is 19.8 Å². The number of amides is 1. The highest BCUT2D eigenvalue weighted by Gasteiger charge is 2.14. The van der Waals surface area contributed by atoms with Crippen LogP contribution in [0.2, 0.25) is 0 Å². The van der Waals surface area contributed by atoms with Crippen molar-refractivity contribution >= 4 is 50.5 Å². The van der Waals surface area contributed by atoms with E-state index in [1.807, 2.05) is 13.2 Å². The first-order valence-corrected chi connectivity index (χ1v) is 10.8. The third-order valence-electron chi connectivity index (χ3n) is 3.81. The molecule has 0 saturated carbocycles. The third-order valence-corrected chi connectivity index (χ3v) is 4.78. The van der Waals surface area contributed by atoms with E-state index in [1.165, 1.54) is 11.8 Å². The molecule has 0 spiro atoms. The first kappa shape index (κ1) is 20.6. The molecule has 0 aliphatic heterocycles. The number of thioether (sulfide) groups is 1. The molecule has 0 aliphatic carbocycles. The number of furan rings is 1. The first-order valence-electron chi connectivity index (χ1n) is 8.75. The van der Waals surface area contributed by atoms with Gasteiger partial charge in [-0.1, -0.05) is 11.8 Å². The van der Waals surface area contributed by atoms with Crippen molar-refractivity contribution in [3.63, 3.8) is 0 Å². The second kappa shape index (κ2) is 9.89. The number of anilines is 1. The van der Waals surface area contributed by atoms with Gasteiger partial charge in [-0.25, -0.2) is 14.6 Å². The van der Waals surface area contributed by atoms with Gasteiger partial charge in [0.2, 0.25) is 0 Å². The number of carbonyl (C=O) groups is 1. The van der Waals surface area contributed by atoms with Crippen molar-refractivity contribution in [2.24, 2.45) is 0 Å². The van der Waals surface area contributed by atoms with Crippen molar-refractivity contribution in [2.45, 2.75) is 18.6 Å². The van der Waals surface area contributed by atoms with Crippen molar-refractivity contribution in [3.8, 4) is 0 Å². The van der Waals surface area contributed by atoms with Crippen molar-refractivity contribution < 1.29 is 13.9 Å². The van der Waals surface area contributed by atoms with Crippen LogP contribution in [0.4, 0.5) is 5.82 Å². The highest BCUT2D eigenvalue weighted by atomic mass is 79.9. The van der Waals surface area contributed by atoms with Gasteiger partial charge in [-0.15, -0.1) is 0 Å².